The second-order valence-corrected chi connectivity index (χ2v) is 8.80. The Bertz CT molecular complexity index is 1220. The van der Waals surface area contributed by atoms with Gasteiger partial charge in [-0.1, -0.05) is 54.6 Å². The first-order valence-corrected chi connectivity index (χ1v) is 11.0. The number of benzene rings is 3. The number of esters is 1. The van der Waals surface area contributed by atoms with Gasteiger partial charge >= 0.3 is 5.97 Å². The number of nitrogens with zero attached hydrogens (tertiary/aromatic N) is 1. The molecule has 3 aromatic carbocycles. The number of rotatable bonds is 2. The highest BCUT2D eigenvalue weighted by Crippen LogP contribution is 2.43. The fraction of sp³-hybridized carbons (Fsp3) is 0.259. The Hall–Kier alpha value is -3.44. The molecule has 3 aliphatic rings. The van der Waals surface area contributed by atoms with Crippen LogP contribution >= 0.6 is 0 Å². The van der Waals surface area contributed by atoms with Crippen LogP contribution in [0.15, 0.2) is 72.8 Å². The lowest BCUT2D eigenvalue weighted by molar-refractivity contribution is -0.0282. The summed E-state index contributed by atoms with van der Waals surface area (Å²) in [5, 5.41) is 0. The summed E-state index contributed by atoms with van der Waals surface area (Å²) in [7, 11) is 0. The Labute approximate surface area is 186 Å². The quantitative estimate of drug-likeness (QED) is 0.571. The first-order valence-electron chi connectivity index (χ1n) is 11.0. The third kappa shape index (κ3) is 3.04. The molecule has 0 bridgehead atoms. The maximum Gasteiger partial charge on any atom is 0.339 e. The molecule has 3 aliphatic heterocycles. The van der Waals surface area contributed by atoms with E-state index >= 15 is 0 Å². The molecule has 0 saturated carbocycles. The number of hydrogen-bond donors (Lipinski definition) is 0. The van der Waals surface area contributed by atoms with Crippen molar-refractivity contribution in [2.45, 2.75) is 31.2 Å². The van der Waals surface area contributed by atoms with E-state index in [1.165, 1.54) is 11.1 Å². The molecule has 1 saturated heterocycles. The molecule has 2 unspecified atom stereocenters. The van der Waals surface area contributed by atoms with Gasteiger partial charge in [-0.15, -0.1) is 0 Å². The zero-order chi connectivity index (χ0) is 21.7. The summed E-state index contributed by atoms with van der Waals surface area (Å²) >= 11 is 0. The zero-order valence-electron chi connectivity index (χ0n) is 17.6. The molecule has 0 aromatic heterocycles. The molecule has 2 atom stereocenters. The molecule has 160 valence electrons. The fourth-order valence-electron chi connectivity index (χ4n) is 5.24. The number of fused-ring (bicyclic) bond motifs is 3. The highest BCUT2D eigenvalue weighted by atomic mass is 16.5. The average molecular weight is 425 g/mol. The van der Waals surface area contributed by atoms with Crippen molar-refractivity contribution in [3.8, 4) is 0 Å². The molecular formula is C27H23NO4. The van der Waals surface area contributed by atoms with Crippen LogP contribution in [-0.4, -0.2) is 29.9 Å². The minimum absolute atomic E-state index is 0.0205. The second-order valence-electron chi connectivity index (χ2n) is 8.80. The van der Waals surface area contributed by atoms with E-state index in [0.29, 0.717) is 37.2 Å². The number of likely N-dealkylation sites (tertiary alicyclic amines) is 1. The Kier molecular flexibility index (Phi) is 4.40. The van der Waals surface area contributed by atoms with Crippen LogP contribution in [0.4, 0.5) is 0 Å². The fourth-order valence-corrected chi connectivity index (χ4v) is 5.24. The molecule has 0 radical (unpaired) electrons. The van der Waals surface area contributed by atoms with Crippen molar-refractivity contribution in [1.82, 2.24) is 4.90 Å². The van der Waals surface area contributed by atoms with Crippen LogP contribution in [0.3, 0.4) is 0 Å². The predicted octanol–water partition coefficient (Wildman–Crippen LogP) is 4.41. The lowest BCUT2D eigenvalue weighted by atomic mass is 9.91. The number of cyclic esters (lactones) is 1. The molecule has 0 N–H and O–H groups in total. The largest absolute Gasteiger partial charge is 0.454 e. The van der Waals surface area contributed by atoms with Crippen molar-refractivity contribution >= 4 is 11.9 Å². The molecule has 3 aromatic rings. The summed E-state index contributed by atoms with van der Waals surface area (Å²) in [6.45, 7) is 1.80. The zero-order valence-corrected chi connectivity index (χ0v) is 17.6. The van der Waals surface area contributed by atoms with Crippen LogP contribution in [-0.2, 0) is 28.1 Å². The molecule has 5 nitrogen and oxygen atoms in total. The van der Waals surface area contributed by atoms with Crippen molar-refractivity contribution < 1.29 is 19.1 Å². The van der Waals surface area contributed by atoms with Gasteiger partial charge in [0.1, 0.15) is 11.7 Å². The van der Waals surface area contributed by atoms with Crippen LogP contribution in [0.25, 0.3) is 0 Å². The monoisotopic (exact) mass is 425 g/mol. The van der Waals surface area contributed by atoms with Gasteiger partial charge in [0, 0.05) is 18.5 Å². The van der Waals surface area contributed by atoms with E-state index in [4.69, 9.17) is 9.47 Å². The Morgan fingerprint density at radius 3 is 2.66 bits per heavy atom. The standard InChI is InChI=1S/C27H23NO4/c29-25(28-13-12-27(17-28)23-9-5-4-8-20(23)16-31-27)19-10-11-22-21(14-19)15-24(32-26(22)30)18-6-2-1-3-7-18/h1-11,14,24H,12-13,15-17H2. The van der Waals surface area contributed by atoms with Gasteiger partial charge in [0.15, 0.2) is 0 Å². The number of ether oxygens (including phenoxy) is 2. The molecule has 1 amide bonds. The number of hydrogen-bond acceptors (Lipinski definition) is 4. The molecule has 3 heterocycles. The van der Waals surface area contributed by atoms with E-state index < -0.39 is 5.60 Å². The van der Waals surface area contributed by atoms with Crippen LogP contribution < -0.4 is 0 Å². The SMILES string of the molecule is O=C1OC(c2ccccc2)Cc2cc(C(=O)N3CCC4(C3)OCc3ccccc34)ccc21. The van der Waals surface area contributed by atoms with Crippen molar-refractivity contribution in [3.05, 3.63) is 106 Å². The molecule has 1 fully saturated rings. The van der Waals surface area contributed by atoms with E-state index in [1.807, 2.05) is 53.4 Å². The van der Waals surface area contributed by atoms with E-state index in [1.54, 1.807) is 12.1 Å². The second kappa shape index (κ2) is 7.31. The highest BCUT2D eigenvalue weighted by Gasteiger charge is 2.46. The number of carbonyl (C=O) groups is 2. The van der Waals surface area contributed by atoms with Crippen molar-refractivity contribution in [1.29, 1.82) is 0 Å². The number of carbonyl (C=O) groups excluding carboxylic acids is 2. The molecule has 6 rings (SSSR count). The van der Waals surface area contributed by atoms with Gasteiger partial charge in [-0.05, 0) is 46.9 Å². The molecule has 0 aliphatic carbocycles. The maximum atomic E-state index is 13.4. The lowest BCUT2D eigenvalue weighted by Crippen LogP contribution is -2.34. The van der Waals surface area contributed by atoms with Gasteiger partial charge in [0.25, 0.3) is 5.91 Å². The first kappa shape index (κ1) is 19.3. The first-order chi connectivity index (χ1) is 15.6. The normalized spacial score (nSPS) is 23.7. The van der Waals surface area contributed by atoms with E-state index in [2.05, 4.69) is 12.1 Å². The summed E-state index contributed by atoms with van der Waals surface area (Å²) in [6, 6.07) is 23.3. The third-order valence-corrected chi connectivity index (χ3v) is 6.93. The molecule has 1 spiro atoms. The molecular weight excluding hydrogens is 402 g/mol. The Balaban J connectivity index is 1.25. The van der Waals surface area contributed by atoms with Gasteiger partial charge in [0.05, 0.1) is 18.7 Å². The van der Waals surface area contributed by atoms with Crippen molar-refractivity contribution in [3.63, 3.8) is 0 Å². The van der Waals surface area contributed by atoms with Gasteiger partial charge < -0.3 is 14.4 Å². The van der Waals surface area contributed by atoms with E-state index in [-0.39, 0.29) is 18.0 Å². The topological polar surface area (TPSA) is 55.8 Å². The Morgan fingerprint density at radius 2 is 1.78 bits per heavy atom. The predicted molar refractivity (Wildman–Crippen MR) is 118 cm³/mol. The van der Waals surface area contributed by atoms with Gasteiger partial charge in [0.2, 0.25) is 0 Å². The van der Waals surface area contributed by atoms with Crippen LogP contribution in [0, 0.1) is 0 Å². The molecule has 5 heteroatoms. The van der Waals surface area contributed by atoms with E-state index in [0.717, 1.165) is 17.5 Å². The summed E-state index contributed by atoms with van der Waals surface area (Å²) < 4.78 is 11.8. The van der Waals surface area contributed by atoms with Crippen molar-refractivity contribution in [2.75, 3.05) is 13.1 Å². The van der Waals surface area contributed by atoms with Gasteiger partial charge in [-0.25, -0.2) is 4.79 Å². The van der Waals surface area contributed by atoms with Crippen LogP contribution in [0.1, 0.15) is 55.5 Å². The summed E-state index contributed by atoms with van der Waals surface area (Å²) in [5.74, 6) is -0.358. The Morgan fingerprint density at radius 1 is 0.969 bits per heavy atom. The minimum atomic E-state index is -0.400. The number of amides is 1. The lowest BCUT2D eigenvalue weighted by Gasteiger charge is -2.26. The van der Waals surface area contributed by atoms with Crippen molar-refractivity contribution in [2.24, 2.45) is 0 Å². The van der Waals surface area contributed by atoms with Gasteiger partial charge in [-0.3, -0.25) is 4.79 Å². The third-order valence-electron chi connectivity index (χ3n) is 6.93. The highest BCUT2D eigenvalue weighted by molar-refractivity contribution is 5.98. The summed E-state index contributed by atoms with van der Waals surface area (Å²) in [5.41, 5.74) is 4.98. The minimum Gasteiger partial charge on any atom is -0.454 e. The summed E-state index contributed by atoms with van der Waals surface area (Å²) in [6.07, 6.45) is 1.02. The maximum absolute atomic E-state index is 13.4. The smallest absolute Gasteiger partial charge is 0.339 e. The summed E-state index contributed by atoms with van der Waals surface area (Å²) in [4.78, 5) is 27.8. The van der Waals surface area contributed by atoms with Gasteiger partial charge in [-0.2, -0.15) is 0 Å². The van der Waals surface area contributed by atoms with Crippen LogP contribution in [0.5, 0.6) is 0 Å². The van der Waals surface area contributed by atoms with Crippen LogP contribution in [0.2, 0.25) is 0 Å². The average Bonchev–Trinajstić information content (AvgIpc) is 3.44. The molecule has 32 heavy (non-hydrogen) atoms. The van der Waals surface area contributed by atoms with E-state index in [9.17, 15) is 9.59 Å².